The molecule has 0 saturated carbocycles. The first-order chi connectivity index (χ1) is 11.3. The Labute approximate surface area is 143 Å². The summed E-state index contributed by atoms with van der Waals surface area (Å²) in [6.45, 7) is 6.76. The molecule has 2 heterocycles. The highest BCUT2D eigenvalue weighted by molar-refractivity contribution is 6.29. The second kappa shape index (κ2) is 8.44. The number of aromatic nitrogens is 1. The number of nitrogens with zero attached hydrogens (tertiary/aromatic N) is 3. The maximum Gasteiger partial charge on any atom is 0.129 e. The van der Waals surface area contributed by atoms with Crippen molar-refractivity contribution < 1.29 is 0 Å². The summed E-state index contributed by atoms with van der Waals surface area (Å²) in [6, 6.07) is 14.7. The van der Waals surface area contributed by atoms with Gasteiger partial charge in [-0.2, -0.15) is 0 Å². The molecule has 3 rings (SSSR count). The van der Waals surface area contributed by atoms with Crippen LogP contribution >= 0.6 is 11.6 Å². The van der Waals surface area contributed by atoms with Crippen LogP contribution in [0.15, 0.2) is 48.7 Å². The molecule has 0 N–H and O–H groups in total. The predicted octanol–water partition coefficient (Wildman–Crippen LogP) is 3.49. The van der Waals surface area contributed by atoms with Crippen molar-refractivity contribution in [1.82, 2.24) is 14.8 Å². The smallest absolute Gasteiger partial charge is 0.129 e. The standard InChI is InChI=1S/C19H24ClN3/c20-19-9-8-18(15-21-19)16-23-13-11-22(12-14-23)10-4-7-17-5-2-1-3-6-17/h1-3,5-6,8-9,15H,4,7,10-14,16H2. The minimum Gasteiger partial charge on any atom is -0.301 e. The number of hydrogen-bond acceptors (Lipinski definition) is 3. The van der Waals surface area contributed by atoms with Crippen molar-refractivity contribution in [3.05, 3.63) is 64.9 Å². The van der Waals surface area contributed by atoms with Crippen molar-refractivity contribution in [1.29, 1.82) is 0 Å². The molecule has 2 aromatic rings. The molecule has 1 aliphatic rings. The Morgan fingerprint density at radius 1 is 0.870 bits per heavy atom. The maximum absolute atomic E-state index is 5.83. The van der Waals surface area contributed by atoms with Gasteiger partial charge in [0.2, 0.25) is 0 Å². The molecular weight excluding hydrogens is 306 g/mol. The quantitative estimate of drug-likeness (QED) is 0.756. The third kappa shape index (κ3) is 5.31. The minimum atomic E-state index is 0.567. The Kier molecular flexibility index (Phi) is 6.03. The number of rotatable bonds is 6. The van der Waals surface area contributed by atoms with Crippen molar-refractivity contribution in [3.8, 4) is 0 Å². The molecule has 0 aliphatic carbocycles. The lowest BCUT2D eigenvalue weighted by atomic mass is 10.1. The summed E-state index contributed by atoms with van der Waals surface area (Å²) in [4.78, 5) is 9.24. The summed E-state index contributed by atoms with van der Waals surface area (Å²) >= 11 is 5.83. The summed E-state index contributed by atoms with van der Waals surface area (Å²) in [5.41, 5.74) is 2.69. The van der Waals surface area contributed by atoms with Crippen LogP contribution in [-0.2, 0) is 13.0 Å². The minimum absolute atomic E-state index is 0.567. The van der Waals surface area contributed by atoms with Crippen LogP contribution in [-0.4, -0.2) is 47.5 Å². The molecule has 4 heteroatoms. The molecular formula is C19H24ClN3. The van der Waals surface area contributed by atoms with Crippen LogP contribution in [0.2, 0.25) is 5.15 Å². The van der Waals surface area contributed by atoms with Gasteiger partial charge in [-0.15, -0.1) is 0 Å². The van der Waals surface area contributed by atoms with Crippen molar-refractivity contribution in [2.24, 2.45) is 0 Å². The molecule has 0 amide bonds. The first-order valence-corrected chi connectivity index (χ1v) is 8.76. The van der Waals surface area contributed by atoms with E-state index in [-0.39, 0.29) is 0 Å². The van der Waals surface area contributed by atoms with E-state index >= 15 is 0 Å². The highest BCUT2D eigenvalue weighted by Crippen LogP contribution is 2.11. The molecule has 0 spiro atoms. The topological polar surface area (TPSA) is 19.4 Å². The Bertz CT molecular complexity index is 577. The van der Waals surface area contributed by atoms with Crippen molar-refractivity contribution in [2.45, 2.75) is 19.4 Å². The second-order valence-electron chi connectivity index (χ2n) is 6.20. The van der Waals surface area contributed by atoms with Gasteiger partial charge in [0.05, 0.1) is 0 Å². The van der Waals surface area contributed by atoms with Gasteiger partial charge in [0.15, 0.2) is 0 Å². The van der Waals surface area contributed by atoms with Crippen LogP contribution < -0.4 is 0 Å². The lowest BCUT2D eigenvalue weighted by Crippen LogP contribution is -2.46. The maximum atomic E-state index is 5.83. The van der Waals surface area contributed by atoms with Gasteiger partial charge in [-0.25, -0.2) is 4.98 Å². The van der Waals surface area contributed by atoms with E-state index in [0.29, 0.717) is 5.15 Å². The van der Waals surface area contributed by atoms with Crippen LogP contribution in [0.5, 0.6) is 0 Å². The molecule has 122 valence electrons. The average Bonchev–Trinajstić information content (AvgIpc) is 2.59. The molecule has 0 bridgehead atoms. The zero-order valence-corrected chi connectivity index (χ0v) is 14.3. The monoisotopic (exact) mass is 329 g/mol. The first kappa shape index (κ1) is 16.4. The molecule has 0 unspecified atom stereocenters. The second-order valence-corrected chi connectivity index (χ2v) is 6.58. The highest BCUT2D eigenvalue weighted by atomic mass is 35.5. The SMILES string of the molecule is Clc1ccc(CN2CCN(CCCc3ccccc3)CC2)cn1. The van der Waals surface area contributed by atoms with Crippen LogP contribution in [0.3, 0.4) is 0 Å². The lowest BCUT2D eigenvalue weighted by Gasteiger charge is -2.34. The third-order valence-corrected chi connectivity index (χ3v) is 4.67. The van der Waals surface area contributed by atoms with E-state index in [1.807, 2.05) is 12.3 Å². The van der Waals surface area contributed by atoms with Crippen molar-refractivity contribution in [3.63, 3.8) is 0 Å². The summed E-state index contributed by atoms with van der Waals surface area (Å²) in [6.07, 6.45) is 4.30. The van der Waals surface area contributed by atoms with E-state index in [2.05, 4.69) is 51.2 Å². The average molecular weight is 330 g/mol. The first-order valence-electron chi connectivity index (χ1n) is 8.39. The molecule has 1 aliphatic heterocycles. The van der Waals surface area contributed by atoms with Crippen LogP contribution in [0, 0.1) is 0 Å². The molecule has 0 radical (unpaired) electrons. The van der Waals surface area contributed by atoms with E-state index in [9.17, 15) is 0 Å². The fourth-order valence-electron chi connectivity index (χ4n) is 3.08. The van der Waals surface area contributed by atoms with Gasteiger partial charge in [-0.3, -0.25) is 4.90 Å². The molecule has 1 fully saturated rings. The number of halogens is 1. The lowest BCUT2D eigenvalue weighted by molar-refractivity contribution is 0.126. The molecule has 0 atom stereocenters. The van der Waals surface area contributed by atoms with Gasteiger partial charge < -0.3 is 4.90 Å². The number of piperazine rings is 1. The summed E-state index contributed by atoms with van der Waals surface area (Å²) in [5, 5.41) is 0.567. The summed E-state index contributed by atoms with van der Waals surface area (Å²) < 4.78 is 0. The normalized spacial score (nSPS) is 16.6. The fraction of sp³-hybridized carbons (Fsp3) is 0.421. The third-order valence-electron chi connectivity index (χ3n) is 4.44. The van der Waals surface area contributed by atoms with Crippen LogP contribution in [0.1, 0.15) is 17.5 Å². The number of hydrogen-bond donors (Lipinski definition) is 0. The van der Waals surface area contributed by atoms with Crippen molar-refractivity contribution in [2.75, 3.05) is 32.7 Å². The zero-order valence-electron chi connectivity index (χ0n) is 13.5. The van der Waals surface area contributed by atoms with Crippen LogP contribution in [0.25, 0.3) is 0 Å². The Balaban J connectivity index is 1.36. The van der Waals surface area contributed by atoms with Gasteiger partial charge >= 0.3 is 0 Å². The summed E-state index contributed by atoms with van der Waals surface area (Å²) in [7, 11) is 0. The molecule has 1 aromatic carbocycles. The van der Waals surface area contributed by atoms with E-state index in [1.165, 1.54) is 30.5 Å². The molecule has 23 heavy (non-hydrogen) atoms. The zero-order chi connectivity index (χ0) is 15.9. The fourth-order valence-corrected chi connectivity index (χ4v) is 3.19. The number of benzene rings is 1. The van der Waals surface area contributed by atoms with Gasteiger partial charge in [0.1, 0.15) is 5.15 Å². The Morgan fingerprint density at radius 2 is 1.61 bits per heavy atom. The molecule has 3 nitrogen and oxygen atoms in total. The van der Waals surface area contributed by atoms with Gasteiger partial charge in [-0.05, 0) is 36.6 Å². The molecule has 1 saturated heterocycles. The van der Waals surface area contributed by atoms with Crippen LogP contribution in [0.4, 0.5) is 0 Å². The van der Waals surface area contributed by atoms with E-state index in [0.717, 1.165) is 32.7 Å². The van der Waals surface area contributed by atoms with E-state index in [1.54, 1.807) is 0 Å². The van der Waals surface area contributed by atoms with E-state index < -0.39 is 0 Å². The number of aryl methyl sites for hydroxylation is 1. The predicted molar refractivity (Wildman–Crippen MR) is 95.7 cm³/mol. The highest BCUT2D eigenvalue weighted by Gasteiger charge is 2.16. The largest absolute Gasteiger partial charge is 0.301 e. The number of pyridine rings is 1. The Hall–Kier alpha value is -1.42. The van der Waals surface area contributed by atoms with Gasteiger partial charge in [-0.1, -0.05) is 48.0 Å². The molecule has 1 aromatic heterocycles. The van der Waals surface area contributed by atoms with Gasteiger partial charge in [0.25, 0.3) is 0 Å². The Morgan fingerprint density at radius 3 is 2.30 bits per heavy atom. The van der Waals surface area contributed by atoms with Gasteiger partial charge in [0, 0.05) is 38.9 Å². The van der Waals surface area contributed by atoms with E-state index in [4.69, 9.17) is 11.6 Å². The summed E-state index contributed by atoms with van der Waals surface area (Å²) in [5.74, 6) is 0. The van der Waals surface area contributed by atoms with Crippen molar-refractivity contribution >= 4 is 11.6 Å².